The van der Waals surface area contributed by atoms with E-state index in [0.29, 0.717) is 29.7 Å². The average Bonchev–Trinajstić information content (AvgIpc) is 3.22. The largest absolute Gasteiger partial charge is 0.379 e. The second-order valence-corrected chi connectivity index (χ2v) is 7.87. The van der Waals surface area contributed by atoms with Gasteiger partial charge in [0.25, 0.3) is 0 Å². The topological polar surface area (TPSA) is 58.8 Å². The van der Waals surface area contributed by atoms with Gasteiger partial charge in [-0.1, -0.05) is 6.92 Å². The molecule has 6 atom stereocenters. The monoisotopic (exact) mass is 379 g/mol. The molecule has 0 aromatic carbocycles. The van der Waals surface area contributed by atoms with Gasteiger partial charge in [-0.2, -0.15) is 0 Å². The van der Waals surface area contributed by atoms with Gasteiger partial charge in [0.1, 0.15) is 0 Å². The van der Waals surface area contributed by atoms with E-state index in [4.69, 9.17) is 10.5 Å². The predicted octanol–water partition coefficient (Wildman–Crippen LogP) is 1.38. The van der Waals surface area contributed by atoms with Gasteiger partial charge in [-0.25, -0.2) is 0 Å². The van der Waals surface area contributed by atoms with Gasteiger partial charge < -0.3 is 15.4 Å². The van der Waals surface area contributed by atoms with Crippen molar-refractivity contribution in [2.24, 2.45) is 29.4 Å². The number of ether oxygens (including phenoxy) is 1. The van der Waals surface area contributed by atoms with E-state index in [1.54, 1.807) is 0 Å². The molecule has 2 N–H and O–H groups in total. The molecule has 4 fully saturated rings. The van der Waals surface area contributed by atoms with Crippen molar-refractivity contribution in [3.8, 4) is 0 Å². The highest BCUT2D eigenvalue weighted by Gasteiger charge is 2.51. The summed E-state index contributed by atoms with van der Waals surface area (Å²) in [7, 11) is 0. The summed E-state index contributed by atoms with van der Waals surface area (Å²) < 4.78 is 5.46. The molecular weight excluding hydrogens is 349 g/mol. The smallest absolute Gasteiger partial charge is 0.227 e. The molecule has 2 aliphatic carbocycles. The fourth-order valence-corrected chi connectivity index (χ4v) is 5.43. The molecule has 2 saturated carbocycles. The molecule has 2 bridgehead atoms. The van der Waals surface area contributed by atoms with Crippen molar-refractivity contribution in [1.29, 1.82) is 0 Å². The molecule has 4 aliphatic rings. The van der Waals surface area contributed by atoms with Crippen LogP contribution in [-0.4, -0.2) is 67.2 Å². The number of hydrogen-bond donors (Lipinski definition) is 1. The van der Waals surface area contributed by atoms with Gasteiger partial charge in [-0.15, -0.1) is 24.8 Å². The van der Waals surface area contributed by atoms with E-state index in [-0.39, 0.29) is 36.8 Å². The summed E-state index contributed by atoms with van der Waals surface area (Å²) in [6.07, 6.45) is 3.64. The standard InChI is InChI=1S/C17H29N3O2.2ClH/c1-11-9-20(10-14(11)19-4-6-22-7-5-19)17(21)15-12-2-3-13(8-12)16(15)18;;/h11-16H,2-10,18H2,1H3;2*1H. The Bertz CT molecular complexity index is 446. The Kier molecular flexibility index (Phi) is 6.82. The third kappa shape index (κ3) is 3.43. The summed E-state index contributed by atoms with van der Waals surface area (Å²) in [5, 5.41) is 0. The second-order valence-electron chi connectivity index (χ2n) is 7.87. The fraction of sp³-hybridized carbons (Fsp3) is 0.941. The minimum atomic E-state index is 0. The van der Waals surface area contributed by atoms with Crippen LogP contribution in [0.5, 0.6) is 0 Å². The summed E-state index contributed by atoms with van der Waals surface area (Å²) >= 11 is 0. The van der Waals surface area contributed by atoms with Crippen LogP contribution >= 0.6 is 24.8 Å². The van der Waals surface area contributed by atoms with Gasteiger partial charge >= 0.3 is 0 Å². The Labute approximate surface area is 157 Å². The van der Waals surface area contributed by atoms with Crippen molar-refractivity contribution in [3.63, 3.8) is 0 Å². The van der Waals surface area contributed by atoms with Crippen LogP contribution in [0.3, 0.4) is 0 Å². The minimum Gasteiger partial charge on any atom is -0.379 e. The number of rotatable bonds is 2. The van der Waals surface area contributed by atoms with Crippen LogP contribution in [0, 0.1) is 23.7 Å². The Morgan fingerprint density at radius 2 is 1.75 bits per heavy atom. The number of halogens is 2. The second kappa shape index (κ2) is 8.09. The zero-order chi connectivity index (χ0) is 15.3. The van der Waals surface area contributed by atoms with Gasteiger partial charge in [-0.3, -0.25) is 9.69 Å². The van der Waals surface area contributed by atoms with Crippen LogP contribution in [0.25, 0.3) is 0 Å². The van der Waals surface area contributed by atoms with Crippen LogP contribution < -0.4 is 5.73 Å². The summed E-state index contributed by atoms with van der Waals surface area (Å²) in [5.41, 5.74) is 6.37. The predicted molar refractivity (Wildman–Crippen MR) is 98.7 cm³/mol. The van der Waals surface area contributed by atoms with Crippen molar-refractivity contribution < 1.29 is 9.53 Å². The van der Waals surface area contributed by atoms with E-state index in [2.05, 4.69) is 16.7 Å². The van der Waals surface area contributed by atoms with Crippen LogP contribution in [0.1, 0.15) is 26.2 Å². The summed E-state index contributed by atoms with van der Waals surface area (Å²) in [4.78, 5) is 17.7. The number of carbonyl (C=O) groups is 1. The van der Waals surface area contributed by atoms with Crippen LogP contribution in [0.4, 0.5) is 0 Å². The van der Waals surface area contributed by atoms with E-state index in [9.17, 15) is 4.79 Å². The van der Waals surface area contributed by atoms with Gasteiger partial charge in [0.15, 0.2) is 0 Å². The molecule has 2 aliphatic heterocycles. The number of nitrogens with zero attached hydrogens (tertiary/aromatic N) is 2. The molecule has 5 nitrogen and oxygen atoms in total. The van der Waals surface area contributed by atoms with Gasteiger partial charge in [0.2, 0.25) is 5.91 Å². The number of amides is 1. The highest BCUT2D eigenvalue weighted by Crippen LogP contribution is 2.48. The highest BCUT2D eigenvalue weighted by atomic mass is 35.5. The van der Waals surface area contributed by atoms with Crippen LogP contribution in [-0.2, 0) is 9.53 Å². The van der Waals surface area contributed by atoms with E-state index in [0.717, 1.165) is 39.4 Å². The normalized spacial score (nSPS) is 41.8. The number of fused-ring (bicyclic) bond motifs is 2. The minimum absolute atomic E-state index is 0. The van der Waals surface area contributed by atoms with Gasteiger partial charge in [-0.05, 0) is 37.0 Å². The maximum Gasteiger partial charge on any atom is 0.227 e. The molecule has 2 heterocycles. The first-order chi connectivity index (χ1) is 10.6. The molecule has 0 aromatic rings. The van der Waals surface area contributed by atoms with E-state index in [1.807, 2.05) is 0 Å². The summed E-state index contributed by atoms with van der Waals surface area (Å²) in [5.74, 6) is 2.17. The number of morpholine rings is 1. The summed E-state index contributed by atoms with van der Waals surface area (Å²) in [6, 6.07) is 0.617. The molecule has 0 radical (unpaired) electrons. The number of nitrogens with two attached hydrogens (primary N) is 1. The Balaban J connectivity index is 0.00000104. The fourth-order valence-electron chi connectivity index (χ4n) is 5.43. The SMILES string of the molecule is CC1CN(C(=O)C2C3CCC(C3)C2N)CC1N1CCOCC1.Cl.Cl. The van der Waals surface area contributed by atoms with E-state index >= 15 is 0 Å². The lowest BCUT2D eigenvalue weighted by atomic mass is 9.84. The van der Waals surface area contributed by atoms with Crippen molar-refractivity contribution in [1.82, 2.24) is 9.80 Å². The summed E-state index contributed by atoms with van der Waals surface area (Å²) in [6.45, 7) is 7.74. The van der Waals surface area contributed by atoms with Crippen molar-refractivity contribution in [2.75, 3.05) is 39.4 Å². The Morgan fingerprint density at radius 1 is 1.08 bits per heavy atom. The molecule has 24 heavy (non-hydrogen) atoms. The zero-order valence-electron chi connectivity index (χ0n) is 14.4. The molecule has 6 unspecified atom stereocenters. The van der Waals surface area contributed by atoms with E-state index in [1.165, 1.54) is 19.3 Å². The molecule has 0 spiro atoms. The molecule has 1 amide bonds. The maximum atomic E-state index is 13.0. The maximum absolute atomic E-state index is 13.0. The molecule has 7 heteroatoms. The van der Waals surface area contributed by atoms with E-state index < -0.39 is 0 Å². The molecule has 0 aromatic heterocycles. The molecular formula is C17H31Cl2N3O2. The van der Waals surface area contributed by atoms with Gasteiger partial charge in [0.05, 0.1) is 19.1 Å². The van der Waals surface area contributed by atoms with Gasteiger partial charge in [0, 0.05) is 38.3 Å². The van der Waals surface area contributed by atoms with Crippen molar-refractivity contribution in [3.05, 3.63) is 0 Å². The lowest BCUT2D eigenvalue weighted by molar-refractivity contribution is -0.137. The number of hydrogen-bond acceptors (Lipinski definition) is 4. The Hall–Kier alpha value is -0.0700. The lowest BCUT2D eigenvalue weighted by Crippen LogP contribution is -2.49. The first kappa shape index (κ1) is 20.2. The van der Waals surface area contributed by atoms with Crippen LogP contribution in [0.2, 0.25) is 0 Å². The van der Waals surface area contributed by atoms with Crippen LogP contribution in [0.15, 0.2) is 0 Å². The lowest BCUT2D eigenvalue weighted by Gasteiger charge is -2.34. The Morgan fingerprint density at radius 3 is 2.38 bits per heavy atom. The molecule has 140 valence electrons. The third-order valence-electron chi connectivity index (χ3n) is 6.66. The van der Waals surface area contributed by atoms with Crippen molar-refractivity contribution >= 4 is 30.7 Å². The molecule has 4 rings (SSSR count). The van der Waals surface area contributed by atoms with Crippen molar-refractivity contribution in [2.45, 2.75) is 38.3 Å². The molecule has 2 saturated heterocycles. The first-order valence-electron chi connectivity index (χ1n) is 9.01. The average molecular weight is 380 g/mol. The zero-order valence-corrected chi connectivity index (χ0v) is 16.1. The third-order valence-corrected chi connectivity index (χ3v) is 6.66. The number of carbonyl (C=O) groups excluding carboxylic acids is 1. The number of likely N-dealkylation sites (tertiary alicyclic amines) is 1. The quantitative estimate of drug-likeness (QED) is 0.787. The highest BCUT2D eigenvalue weighted by molar-refractivity contribution is 5.85. The first-order valence-corrected chi connectivity index (χ1v) is 9.01.